The number of aromatic nitrogens is 2. The zero-order chi connectivity index (χ0) is 15.2. The lowest BCUT2D eigenvalue weighted by Crippen LogP contribution is -2.36. The summed E-state index contributed by atoms with van der Waals surface area (Å²) in [7, 11) is 3.75. The normalized spacial score (nSPS) is 16.7. The SMILES string of the molecule is CNCc1nc(C(C)C)ncc1N1CCC(COC)CC1. The first-order chi connectivity index (χ1) is 10.2. The highest BCUT2D eigenvalue weighted by molar-refractivity contribution is 5.49. The van der Waals surface area contributed by atoms with E-state index in [1.54, 1.807) is 7.11 Å². The van der Waals surface area contributed by atoms with Crippen LogP contribution in [0.15, 0.2) is 6.20 Å². The Kier molecular flexibility index (Phi) is 5.94. The predicted octanol–water partition coefficient (Wildman–Crippen LogP) is 2.18. The zero-order valence-electron chi connectivity index (χ0n) is 13.7. The lowest BCUT2D eigenvalue weighted by molar-refractivity contribution is 0.139. The van der Waals surface area contributed by atoms with E-state index in [0.717, 1.165) is 37.8 Å². The van der Waals surface area contributed by atoms with Gasteiger partial charge in [-0.1, -0.05) is 13.8 Å². The van der Waals surface area contributed by atoms with Gasteiger partial charge in [0.15, 0.2) is 0 Å². The van der Waals surface area contributed by atoms with Crippen molar-refractivity contribution in [1.29, 1.82) is 0 Å². The van der Waals surface area contributed by atoms with Crippen LogP contribution in [0.5, 0.6) is 0 Å². The highest BCUT2D eigenvalue weighted by atomic mass is 16.5. The predicted molar refractivity (Wildman–Crippen MR) is 85.7 cm³/mol. The average molecular weight is 292 g/mol. The number of ether oxygens (including phenoxy) is 1. The van der Waals surface area contributed by atoms with Crippen molar-refractivity contribution in [3.05, 3.63) is 17.7 Å². The maximum atomic E-state index is 5.27. The van der Waals surface area contributed by atoms with Gasteiger partial charge in [-0.25, -0.2) is 9.97 Å². The highest BCUT2D eigenvalue weighted by Gasteiger charge is 2.22. The van der Waals surface area contributed by atoms with Gasteiger partial charge in [-0.3, -0.25) is 0 Å². The van der Waals surface area contributed by atoms with Crippen molar-refractivity contribution in [2.24, 2.45) is 5.92 Å². The van der Waals surface area contributed by atoms with Gasteiger partial charge in [-0.15, -0.1) is 0 Å². The van der Waals surface area contributed by atoms with Crippen LogP contribution in [-0.4, -0.2) is 43.8 Å². The van der Waals surface area contributed by atoms with Gasteiger partial charge in [0.2, 0.25) is 0 Å². The molecule has 0 aliphatic carbocycles. The van der Waals surface area contributed by atoms with Crippen molar-refractivity contribution in [3.8, 4) is 0 Å². The molecule has 2 heterocycles. The van der Waals surface area contributed by atoms with E-state index < -0.39 is 0 Å². The van der Waals surface area contributed by atoms with Crippen LogP contribution >= 0.6 is 0 Å². The van der Waals surface area contributed by atoms with Crippen LogP contribution in [0.4, 0.5) is 5.69 Å². The minimum Gasteiger partial charge on any atom is -0.384 e. The van der Waals surface area contributed by atoms with Crippen molar-refractivity contribution >= 4 is 5.69 Å². The van der Waals surface area contributed by atoms with E-state index in [1.807, 2.05) is 13.2 Å². The molecule has 5 nitrogen and oxygen atoms in total. The van der Waals surface area contributed by atoms with Gasteiger partial charge in [-0.2, -0.15) is 0 Å². The van der Waals surface area contributed by atoms with E-state index in [1.165, 1.54) is 18.5 Å². The Morgan fingerprint density at radius 2 is 2.10 bits per heavy atom. The monoisotopic (exact) mass is 292 g/mol. The first-order valence-corrected chi connectivity index (χ1v) is 7.90. The van der Waals surface area contributed by atoms with Crippen molar-refractivity contribution in [2.45, 2.75) is 39.2 Å². The summed E-state index contributed by atoms with van der Waals surface area (Å²) < 4.78 is 5.27. The fourth-order valence-corrected chi connectivity index (χ4v) is 2.84. The maximum Gasteiger partial charge on any atom is 0.131 e. The second-order valence-corrected chi connectivity index (χ2v) is 6.13. The lowest BCUT2D eigenvalue weighted by atomic mass is 9.97. The molecule has 0 saturated carbocycles. The Bertz CT molecular complexity index is 442. The highest BCUT2D eigenvalue weighted by Crippen LogP contribution is 2.26. The molecule has 2 rings (SSSR count). The van der Waals surface area contributed by atoms with Gasteiger partial charge >= 0.3 is 0 Å². The minimum atomic E-state index is 0.363. The summed E-state index contributed by atoms with van der Waals surface area (Å²) in [4.78, 5) is 11.7. The molecule has 0 spiro atoms. The van der Waals surface area contributed by atoms with Gasteiger partial charge in [0.25, 0.3) is 0 Å². The van der Waals surface area contributed by atoms with Crippen LogP contribution in [0.1, 0.15) is 44.1 Å². The fourth-order valence-electron chi connectivity index (χ4n) is 2.84. The van der Waals surface area contributed by atoms with Gasteiger partial charge in [0, 0.05) is 39.3 Å². The molecule has 0 radical (unpaired) electrons. The molecule has 118 valence electrons. The molecule has 0 atom stereocenters. The molecule has 1 aliphatic heterocycles. The van der Waals surface area contributed by atoms with Crippen LogP contribution in [0.2, 0.25) is 0 Å². The lowest BCUT2D eigenvalue weighted by Gasteiger charge is -2.34. The Balaban J connectivity index is 2.12. The summed E-state index contributed by atoms with van der Waals surface area (Å²) >= 11 is 0. The average Bonchev–Trinajstić information content (AvgIpc) is 2.49. The Morgan fingerprint density at radius 1 is 1.38 bits per heavy atom. The first kappa shape index (κ1) is 16.2. The second-order valence-electron chi connectivity index (χ2n) is 6.13. The number of hydrogen-bond donors (Lipinski definition) is 1. The third kappa shape index (κ3) is 4.14. The Morgan fingerprint density at radius 3 is 2.67 bits per heavy atom. The number of methoxy groups -OCH3 is 1. The van der Waals surface area contributed by atoms with Crippen molar-refractivity contribution < 1.29 is 4.74 Å². The van der Waals surface area contributed by atoms with E-state index in [0.29, 0.717) is 11.8 Å². The summed E-state index contributed by atoms with van der Waals surface area (Å²) in [5.74, 6) is 1.98. The Hall–Kier alpha value is -1.20. The molecule has 1 fully saturated rings. The smallest absolute Gasteiger partial charge is 0.131 e. The minimum absolute atomic E-state index is 0.363. The summed E-state index contributed by atoms with van der Waals surface area (Å²) in [6, 6.07) is 0. The second kappa shape index (κ2) is 7.71. The summed E-state index contributed by atoms with van der Waals surface area (Å²) in [5.41, 5.74) is 2.30. The van der Waals surface area contributed by atoms with Gasteiger partial charge in [-0.05, 0) is 25.8 Å². The maximum absolute atomic E-state index is 5.27. The van der Waals surface area contributed by atoms with Crippen LogP contribution < -0.4 is 10.2 Å². The third-order valence-corrected chi connectivity index (χ3v) is 4.08. The number of nitrogens with zero attached hydrogens (tertiary/aromatic N) is 3. The van der Waals surface area contributed by atoms with Crippen LogP contribution in [-0.2, 0) is 11.3 Å². The molecule has 1 N–H and O–H groups in total. The van der Waals surface area contributed by atoms with Crippen LogP contribution in [0, 0.1) is 5.92 Å². The quantitative estimate of drug-likeness (QED) is 0.871. The van der Waals surface area contributed by atoms with Crippen molar-refractivity contribution in [2.75, 3.05) is 38.8 Å². The molecule has 0 aromatic carbocycles. The first-order valence-electron chi connectivity index (χ1n) is 7.90. The Labute approximate surface area is 128 Å². The molecule has 5 heteroatoms. The van der Waals surface area contributed by atoms with E-state index >= 15 is 0 Å². The molecule has 1 saturated heterocycles. The number of nitrogens with one attached hydrogen (secondary N) is 1. The third-order valence-electron chi connectivity index (χ3n) is 4.08. The zero-order valence-corrected chi connectivity index (χ0v) is 13.7. The van der Waals surface area contributed by atoms with Crippen molar-refractivity contribution in [3.63, 3.8) is 0 Å². The number of rotatable bonds is 6. The summed E-state index contributed by atoms with van der Waals surface area (Å²) in [6.07, 6.45) is 4.36. The molecule has 0 unspecified atom stereocenters. The van der Waals surface area contributed by atoms with E-state index in [4.69, 9.17) is 9.72 Å². The molecular formula is C16H28N4O. The molecule has 0 amide bonds. The summed E-state index contributed by atoms with van der Waals surface area (Å²) in [6.45, 7) is 8.06. The number of hydrogen-bond acceptors (Lipinski definition) is 5. The fraction of sp³-hybridized carbons (Fsp3) is 0.750. The topological polar surface area (TPSA) is 50.3 Å². The van der Waals surface area contributed by atoms with Crippen LogP contribution in [0.3, 0.4) is 0 Å². The number of anilines is 1. The molecule has 1 aromatic heterocycles. The standard InChI is InChI=1S/C16H28N4O/c1-12(2)16-18-10-15(14(19-16)9-17-3)20-7-5-13(6-8-20)11-21-4/h10,12-13,17H,5-9,11H2,1-4H3. The van der Waals surface area contributed by atoms with E-state index in [-0.39, 0.29) is 0 Å². The molecule has 1 aliphatic rings. The molecule has 0 bridgehead atoms. The largest absolute Gasteiger partial charge is 0.384 e. The van der Waals surface area contributed by atoms with Gasteiger partial charge in [0.05, 0.1) is 17.6 Å². The van der Waals surface area contributed by atoms with Gasteiger partial charge < -0.3 is 15.0 Å². The molecular weight excluding hydrogens is 264 g/mol. The van der Waals surface area contributed by atoms with Gasteiger partial charge in [0.1, 0.15) is 5.82 Å². The van der Waals surface area contributed by atoms with E-state index in [2.05, 4.69) is 29.0 Å². The molecule has 1 aromatic rings. The number of piperidine rings is 1. The summed E-state index contributed by atoms with van der Waals surface area (Å²) in [5, 5.41) is 3.22. The molecule has 21 heavy (non-hydrogen) atoms. The van der Waals surface area contributed by atoms with E-state index in [9.17, 15) is 0 Å². The van der Waals surface area contributed by atoms with Crippen LogP contribution in [0.25, 0.3) is 0 Å². The van der Waals surface area contributed by atoms with Crippen molar-refractivity contribution in [1.82, 2.24) is 15.3 Å².